The van der Waals surface area contributed by atoms with Gasteiger partial charge in [-0.2, -0.15) is 0 Å². The van der Waals surface area contributed by atoms with Gasteiger partial charge >= 0.3 is 0 Å². The largest absolute Gasteiger partial charge is 0.394 e. The maximum Gasteiger partial charge on any atom is 0.220 e. The number of hydrogen-bond donors (Lipinski definition) is 3. The Bertz CT molecular complexity index is 1170. The molecule has 0 fully saturated rings. The molecule has 0 bridgehead atoms. The first-order chi connectivity index (χ1) is 39.2. The zero-order chi connectivity index (χ0) is 56.9. The Labute approximate surface area is 498 Å². The molecule has 0 saturated heterocycles. The van der Waals surface area contributed by atoms with Crippen molar-refractivity contribution in [1.29, 1.82) is 0 Å². The number of hydrogen-bond acceptors (Lipinski definition) is 3. The van der Waals surface area contributed by atoms with Crippen molar-refractivity contribution in [2.75, 3.05) is 6.61 Å². The Balaban J connectivity index is 3.39. The van der Waals surface area contributed by atoms with Crippen LogP contribution in [0.25, 0.3) is 0 Å². The van der Waals surface area contributed by atoms with Gasteiger partial charge in [0.05, 0.1) is 18.8 Å². The first-order valence-electron chi connectivity index (χ1n) is 37.1. The monoisotopic (exact) mass is 1110 g/mol. The van der Waals surface area contributed by atoms with E-state index >= 15 is 0 Å². The average molecular weight is 1110 g/mol. The van der Waals surface area contributed by atoms with Gasteiger partial charge in [0, 0.05) is 6.42 Å². The van der Waals surface area contributed by atoms with Gasteiger partial charge in [-0.3, -0.25) is 4.79 Å². The van der Waals surface area contributed by atoms with Crippen LogP contribution in [0.5, 0.6) is 0 Å². The summed E-state index contributed by atoms with van der Waals surface area (Å²) in [5.41, 5.74) is 0. The van der Waals surface area contributed by atoms with Crippen LogP contribution in [0.2, 0.25) is 0 Å². The molecule has 0 aliphatic carbocycles. The second kappa shape index (κ2) is 71.1. The normalized spacial score (nSPS) is 12.7. The minimum absolute atomic E-state index is 0.0636. The van der Waals surface area contributed by atoms with Crippen molar-refractivity contribution in [2.24, 2.45) is 0 Å². The summed E-state index contributed by atoms with van der Waals surface area (Å²) in [6.45, 7) is 4.36. The molecule has 470 valence electrons. The summed E-state index contributed by atoms with van der Waals surface area (Å²) in [6, 6.07) is -0.638. The van der Waals surface area contributed by atoms with Gasteiger partial charge in [-0.05, 0) is 32.1 Å². The third-order valence-corrected chi connectivity index (χ3v) is 17.7. The van der Waals surface area contributed by atoms with E-state index in [1.165, 1.54) is 379 Å². The summed E-state index contributed by atoms with van der Waals surface area (Å²) in [7, 11) is 0. The van der Waals surface area contributed by atoms with Crippen LogP contribution >= 0.6 is 0 Å². The van der Waals surface area contributed by atoms with E-state index in [9.17, 15) is 15.0 Å². The fraction of sp³-hybridized carbons (Fsp3) is 0.933. The molecule has 4 heteroatoms. The van der Waals surface area contributed by atoms with E-state index < -0.39 is 12.1 Å². The van der Waals surface area contributed by atoms with E-state index in [1.807, 2.05) is 6.08 Å². The molecule has 0 aromatic carbocycles. The highest BCUT2D eigenvalue weighted by Crippen LogP contribution is 2.20. The predicted octanol–water partition coefficient (Wildman–Crippen LogP) is 25.3. The summed E-state index contributed by atoms with van der Waals surface area (Å²) in [4.78, 5) is 12.5. The lowest BCUT2D eigenvalue weighted by Crippen LogP contribution is -2.45. The molecule has 0 radical (unpaired) electrons. The number of carbonyl (C=O) groups is 1. The molecule has 0 aromatic rings. The van der Waals surface area contributed by atoms with Crippen molar-refractivity contribution in [1.82, 2.24) is 5.32 Å². The van der Waals surface area contributed by atoms with Crippen molar-refractivity contribution in [3.63, 3.8) is 0 Å². The van der Waals surface area contributed by atoms with Crippen molar-refractivity contribution < 1.29 is 15.0 Å². The molecular weight excluding hydrogens is 963 g/mol. The lowest BCUT2D eigenvalue weighted by atomic mass is 10.0. The van der Waals surface area contributed by atoms with E-state index in [0.29, 0.717) is 6.42 Å². The van der Waals surface area contributed by atoms with Crippen LogP contribution in [0.15, 0.2) is 24.3 Å². The van der Waals surface area contributed by atoms with Crippen LogP contribution in [0.4, 0.5) is 0 Å². The quantitative estimate of drug-likeness (QED) is 0.0420. The Morgan fingerprint density at radius 1 is 0.291 bits per heavy atom. The van der Waals surface area contributed by atoms with Crippen LogP contribution in [-0.2, 0) is 4.79 Å². The maximum atomic E-state index is 12.5. The Morgan fingerprint density at radius 2 is 0.494 bits per heavy atom. The molecule has 0 saturated carbocycles. The van der Waals surface area contributed by atoms with E-state index in [1.54, 1.807) is 6.08 Å². The highest BCUT2D eigenvalue weighted by Gasteiger charge is 2.18. The SMILES string of the molecule is CCCCCCCCCCCCCCCCCCCCCCC/C=C/CC/C=C/C(O)C(CO)NC(=O)CCCCCCCCCCCCCCCCCCCCCCCCCCCCCCCCCCCCCCCCCC. The zero-order valence-corrected chi connectivity index (χ0v) is 54.4. The molecule has 0 heterocycles. The average Bonchev–Trinajstić information content (AvgIpc) is 3.45. The molecular formula is C75H147NO3. The molecule has 0 aliphatic heterocycles. The number of unbranched alkanes of at least 4 members (excludes halogenated alkanes) is 61. The molecule has 0 aliphatic rings. The van der Waals surface area contributed by atoms with Gasteiger partial charge in [0.15, 0.2) is 0 Å². The second-order valence-electron chi connectivity index (χ2n) is 25.7. The van der Waals surface area contributed by atoms with Gasteiger partial charge in [-0.25, -0.2) is 0 Å². The Kier molecular flexibility index (Phi) is 70.1. The van der Waals surface area contributed by atoms with Crippen LogP contribution in [-0.4, -0.2) is 34.9 Å². The van der Waals surface area contributed by atoms with Crippen molar-refractivity contribution in [2.45, 2.75) is 443 Å². The minimum Gasteiger partial charge on any atom is -0.394 e. The van der Waals surface area contributed by atoms with Crippen LogP contribution < -0.4 is 5.32 Å². The molecule has 0 spiro atoms. The van der Waals surface area contributed by atoms with Crippen molar-refractivity contribution in [3.8, 4) is 0 Å². The van der Waals surface area contributed by atoms with E-state index in [0.717, 1.165) is 32.1 Å². The highest BCUT2D eigenvalue weighted by atomic mass is 16.3. The van der Waals surface area contributed by atoms with Crippen LogP contribution in [0.1, 0.15) is 431 Å². The fourth-order valence-corrected chi connectivity index (χ4v) is 12.1. The summed E-state index contributed by atoms with van der Waals surface area (Å²) in [5.74, 6) is -0.0636. The molecule has 2 unspecified atom stereocenters. The zero-order valence-electron chi connectivity index (χ0n) is 54.4. The molecule has 1 amide bonds. The number of allylic oxidation sites excluding steroid dienone is 3. The summed E-state index contributed by atoms with van der Waals surface area (Å²) >= 11 is 0. The molecule has 2 atom stereocenters. The predicted molar refractivity (Wildman–Crippen MR) is 355 cm³/mol. The number of carbonyl (C=O) groups excluding carboxylic acids is 1. The fourth-order valence-electron chi connectivity index (χ4n) is 12.1. The van der Waals surface area contributed by atoms with Gasteiger partial charge in [-0.15, -0.1) is 0 Å². The number of rotatable bonds is 70. The molecule has 79 heavy (non-hydrogen) atoms. The van der Waals surface area contributed by atoms with E-state index in [2.05, 4.69) is 31.3 Å². The highest BCUT2D eigenvalue weighted by molar-refractivity contribution is 5.76. The number of aliphatic hydroxyl groups is 2. The first-order valence-corrected chi connectivity index (χ1v) is 37.1. The lowest BCUT2D eigenvalue weighted by molar-refractivity contribution is -0.123. The summed E-state index contributed by atoms with van der Waals surface area (Å²) in [6.07, 6.45) is 97.4. The summed E-state index contributed by atoms with van der Waals surface area (Å²) in [5, 5.41) is 23.3. The van der Waals surface area contributed by atoms with Crippen LogP contribution in [0, 0.1) is 0 Å². The third kappa shape index (κ3) is 67.5. The van der Waals surface area contributed by atoms with Gasteiger partial charge in [0.1, 0.15) is 0 Å². The van der Waals surface area contributed by atoms with Gasteiger partial charge < -0.3 is 15.5 Å². The lowest BCUT2D eigenvalue weighted by Gasteiger charge is -2.19. The third-order valence-electron chi connectivity index (χ3n) is 17.7. The Morgan fingerprint density at radius 3 is 0.734 bits per heavy atom. The van der Waals surface area contributed by atoms with E-state index in [4.69, 9.17) is 0 Å². The Hall–Kier alpha value is -1.13. The number of amides is 1. The van der Waals surface area contributed by atoms with Gasteiger partial charge in [-0.1, -0.05) is 417 Å². The standard InChI is InChI=1S/C75H147NO3/c1-3-5-7-9-11-13-15-17-19-21-23-25-27-29-31-32-33-34-35-36-37-38-39-40-41-42-43-45-47-49-51-53-55-57-59-61-63-65-67-69-71-75(79)76-73(72-77)74(78)70-68-66-64-62-60-58-56-54-52-50-48-46-44-30-28-26-24-22-20-18-16-14-12-10-8-6-4-2/h60,62,68,70,73-74,77-78H,3-59,61,63-67,69,71-72H2,1-2H3,(H,76,79)/b62-60+,70-68+. The molecule has 4 nitrogen and oxygen atoms in total. The number of aliphatic hydroxyl groups excluding tert-OH is 2. The first kappa shape index (κ1) is 77.9. The smallest absolute Gasteiger partial charge is 0.220 e. The molecule has 0 rings (SSSR count). The minimum atomic E-state index is -0.861. The molecule has 0 aromatic heterocycles. The maximum absolute atomic E-state index is 12.5. The topological polar surface area (TPSA) is 69.6 Å². The molecule has 3 N–H and O–H groups in total. The van der Waals surface area contributed by atoms with Gasteiger partial charge in [0.2, 0.25) is 5.91 Å². The number of nitrogens with one attached hydrogen (secondary N) is 1. The van der Waals surface area contributed by atoms with Gasteiger partial charge in [0.25, 0.3) is 0 Å². The second-order valence-corrected chi connectivity index (χ2v) is 25.7. The summed E-state index contributed by atoms with van der Waals surface area (Å²) < 4.78 is 0. The van der Waals surface area contributed by atoms with Crippen molar-refractivity contribution >= 4 is 5.91 Å². The van der Waals surface area contributed by atoms with E-state index in [-0.39, 0.29) is 12.5 Å². The van der Waals surface area contributed by atoms with Crippen molar-refractivity contribution in [3.05, 3.63) is 24.3 Å². The van der Waals surface area contributed by atoms with Crippen LogP contribution in [0.3, 0.4) is 0 Å².